The minimum Gasteiger partial charge on any atom is -0.481 e. The van der Waals surface area contributed by atoms with Crippen LogP contribution in [0.3, 0.4) is 0 Å². The van der Waals surface area contributed by atoms with Gasteiger partial charge in [0.05, 0.1) is 18.6 Å². The molecule has 0 aliphatic carbocycles. The fourth-order valence-electron chi connectivity index (χ4n) is 3.02. The van der Waals surface area contributed by atoms with Crippen molar-refractivity contribution >= 4 is 19.8 Å². The lowest BCUT2D eigenvalue weighted by Crippen LogP contribution is -2.20. The van der Waals surface area contributed by atoms with Crippen molar-refractivity contribution < 1.29 is 23.8 Å². The summed E-state index contributed by atoms with van der Waals surface area (Å²) in [6.45, 7) is 3.88. The van der Waals surface area contributed by atoms with Gasteiger partial charge in [-0.3, -0.25) is 14.2 Å². The monoisotopic (exact) mass is 417 g/mol. The van der Waals surface area contributed by atoms with Crippen LogP contribution in [-0.4, -0.2) is 29.6 Å². The molecule has 2 aromatic rings. The van der Waals surface area contributed by atoms with E-state index in [1.54, 1.807) is 36.4 Å². The zero-order chi connectivity index (χ0) is 21.4. The van der Waals surface area contributed by atoms with Crippen molar-refractivity contribution in [2.75, 3.05) is 12.8 Å². The summed E-state index contributed by atoms with van der Waals surface area (Å²) in [4.78, 5) is 23.7. The van der Waals surface area contributed by atoms with E-state index in [1.807, 2.05) is 32.0 Å². The van der Waals surface area contributed by atoms with E-state index < -0.39 is 26.0 Å². The molecule has 3 atom stereocenters. The molecule has 0 heterocycles. The largest absolute Gasteiger partial charge is 0.481 e. The van der Waals surface area contributed by atoms with Gasteiger partial charge in [-0.25, -0.2) is 0 Å². The summed E-state index contributed by atoms with van der Waals surface area (Å²) in [5.74, 6) is -1.51. The second kappa shape index (κ2) is 11.1. The Kier molecular flexibility index (Phi) is 8.77. The third kappa shape index (κ3) is 7.24. The van der Waals surface area contributed by atoms with Crippen molar-refractivity contribution in [3.8, 4) is 0 Å². The van der Waals surface area contributed by atoms with Gasteiger partial charge in [0.1, 0.15) is 0 Å². The molecule has 2 aromatic carbocycles. The summed E-state index contributed by atoms with van der Waals surface area (Å²) in [6, 6.07) is 15.4. The Labute approximate surface area is 172 Å². The van der Waals surface area contributed by atoms with Crippen LogP contribution in [0.2, 0.25) is 0 Å². The maximum Gasteiger partial charge on any atom is 0.307 e. The molecule has 0 fully saturated rings. The van der Waals surface area contributed by atoms with E-state index in [0.717, 1.165) is 5.56 Å². The molecule has 0 aliphatic rings. The Morgan fingerprint density at radius 2 is 1.62 bits per heavy atom. The van der Waals surface area contributed by atoms with Crippen LogP contribution in [0.25, 0.3) is 0 Å². The highest BCUT2D eigenvalue weighted by Gasteiger charge is 2.22. The third-order valence-electron chi connectivity index (χ3n) is 4.58. The number of carbonyl (C=O) groups is 2. The second-order valence-corrected chi connectivity index (χ2v) is 8.92. The van der Waals surface area contributed by atoms with Gasteiger partial charge in [-0.15, -0.1) is 0 Å². The molecule has 0 saturated heterocycles. The van der Waals surface area contributed by atoms with Crippen molar-refractivity contribution in [1.82, 2.24) is 0 Å². The first kappa shape index (κ1) is 23.0. The number of nitrogens with two attached hydrogens (primary N) is 1. The predicted molar refractivity (Wildman–Crippen MR) is 114 cm³/mol. The predicted octanol–water partition coefficient (Wildman–Crippen LogP) is 4.16. The molecule has 0 aromatic heterocycles. The topological polar surface area (TPSA) is 107 Å². The van der Waals surface area contributed by atoms with E-state index in [4.69, 9.17) is 10.3 Å². The van der Waals surface area contributed by atoms with Gasteiger partial charge < -0.3 is 15.4 Å². The maximum absolute atomic E-state index is 12.4. The lowest BCUT2D eigenvalue weighted by Gasteiger charge is -2.16. The van der Waals surface area contributed by atoms with Gasteiger partial charge in [0.2, 0.25) is 0 Å². The van der Waals surface area contributed by atoms with Crippen molar-refractivity contribution in [2.24, 2.45) is 17.6 Å². The summed E-state index contributed by atoms with van der Waals surface area (Å²) in [6.07, 6.45) is 0.466. The molecule has 0 spiro atoms. The second-order valence-electron chi connectivity index (χ2n) is 7.48. The molecule has 0 saturated carbocycles. The first-order chi connectivity index (χ1) is 13.8. The average molecular weight is 417 g/mol. The van der Waals surface area contributed by atoms with Crippen LogP contribution in [0.15, 0.2) is 54.6 Å². The highest BCUT2D eigenvalue weighted by molar-refractivity contribution is 7.39. The SMILES string of the molecule is CC(C)CC(C[PH](=O)OCC(N)c1ccc(C(=O)c2ccccc2)cc1)C(=O)O. The summed E-state index contributed by atoms with van der Waals surface area (Å²) in [7, 11) is -2.50. The number of carboxylic acid groups (broad SMARTS) is 1. The molecule has 0 bridgehead atoms. The van der Waals surface area contributed by atoms with Crippen LogP contribution < -0.4 is 5.73 Å². The molecule has 156 valence electrons. The van der Waals surface area contributed by atoms with Crippen LogP contribution in [0, 0.1) is 11.8 Å². The minimum absolute atomic E-state index is 0.00934. The Morgan fingerprint density at radius 3 is 2.17 bits per heavy atom. The van der Waals surface area contributed by atoms with Crippen LogP contribution >= 0.6 is 8.03 Å². The van der Waals surface area contributed by atoms with Crippen LogP contribution in [0.4, 0.5) is 0 Å². The molecule has 6 nitrogen and oxygen atoms in total. The number of aliphatic carboxylic acids is 1. The highest BCUT2D eigenvalue weighted by Crippen LogP contribution is 2.30. The molecule has 0 amide bonds. The third-order valence-corrected chi connectivity index (χ3v) is 5.89. The quantitative estimate of drug-likeness (QED) is 0.420. The van der Waals surface area contributed by atoms with E-state index >= 15 is 0 Å². The maximum atomic E-state index is 12.4. The van der Waals surface area contributed by atoms with Gasteiger partial charge in [-0.1, -0.05) is 68.4 Å². The molecular formula is C22H28NO5P. The molecule has 29 heavy (non-hydrogen) atoms. The van der Waals surface area contributed by atoms with Gasteiger partial charge in [-0.2, -0.15) is 0 Å². The highest BCUT2D eigenvalue weighted by atomic mass is 31.1. The normalized spacial score (nSPS) is 14.3. The molecule has 3 unspecified atom stereocenters. The van der Waals surface area contributed by atoms with Gasteiger partial charge in [-0.05, 0) is 17.9 Å². The van der Waals surface area contributed by atoms with E-state index in [2.05, 4.69) is 0 Å². The van der Waals surface area contributed by atoms with Crippen molar-refractivity contribution in [3.63, 3.8) is 0 Å². The van der Waals surface area contributed by atoms with Crippen LogP contribution in [-0.2, 0) is 13.9 Å². The number of hydrogen-bond acceptors (Lipinski definition) is 5. The summed E-state index contributed by atoms with van der Waals surface area (Å²) in [5.41, 5.74) is 8.02. The first-order valence-corrected chi connectivity index (χ1v) is 11.1. The zero-order valence-electron chi connectivity index (χ0n) is 16.7. The number of ketones is 1. The lowest BCUT2D eigenvalue weighted by atomic mass is 9.99. The van der Waals surface area contributed by atoms with Crippen molar-refractivity contribution in [2.45, 2.75) is 26.3 Å². The molecule has 7 heteroatoms. The fourth-order valence-corrected chi connectivity index (χ4v) is 4.24. The van der Waals surface area contributed by atoms with Gasteiger partial charge in [0.25, 0.3) is 0 Å². The molecule has 0 aliphatic heterocycles. The lowest BCUT2D eigenvalue weighted by molar-refractivity contribution is -0.141. The molecule has 3 N–H and O–H groups in total. The fraction of sp³-hybridized carbons (Fsp3) is 0.364. The Morgan fingerprint density at radius 1 is 1.03 bits per heavy atom. The summed E-state index contributed by atoms with van der Waals surface area (Å²) < 4.78 is 17.5. The van der Waals surface area contributed by atoms with E-state index in [-0.39, 0.29) is 24.5 Å². The average Bonchev–Trinajstić information content (AvgIpc) is 2.71. The zero-order valence-corrected chi connectivity index (χ0v) is 17.7. The minimum atomic E-state index is -2.50. The summed E-state index contributed by atoms with van der Waals surface area (Å²) in [5, 5.41) is 9.25. The number of rotatable bonds is 11. The van der Waals surface area contributed by atoms with Gasteiger partial charge >= 0.3 is 5.97 Å². The first-order valence-electron chi connectivity index (χ1n) is 9.61. The Hall–Kier alpha value is -2.27. The van der Waals surface area contributed by atoms with E-state index in [9.17, 15) is 19.3 Å². The van der Waals surface area contributed by atoms with Gasteiger partial charge in [0, 0.05) is 17.3 Å². The summed E-state index contributed by atoms with van der Waals surface area (Å²) >= 11 is 0. The Balaban J connectivity index is 1.90. The van der Waals surface area contributed by atoms with E-state index in [0.29, 0.717) is 17.5 Å². The van der Waals surface area contributed by atoms with Crippen LogP contribution in [0.5, 0.6) is 0 Å². The number of hydrogen-bond donors (Lipinski definition) is 2. The van der Waals surface area contributed by atoms with Crippen LogP contribution in [0.1, 0.15) is 47.8 Å². The molecule has 2 rings (SSSR count). The number of benzene rings is 2. The number of carbonyl (C=O) groups excluding carboxylic acids is 1. The van der Waals surface area contributed by atoms with Crippen molar-refractivity contribution in [1.29, 1.82) is 0 Å². The van der Waals surface area contributed by atoms with Gasteiger partial charge in [0.15, 0.2) is 13.8 Å². The van der Waals surface area contributed by atoms with Crippen molar-refractivity contribution in [3.05, 3.63) is 71.3 Å². The number of carboxylic acids is 1. The smallest absolute Gasteiger partial charge is 0.307 e. The standard InChI is InChI=1S/C22H28NO5P/c1-15(2)12-19(22(25)26)14-29(27)28-13-20(23)16-8-10-18(11-9-16)21(24)17-6-4-3-5-7-17/h3-11,15,19-20,29H,12-14,23H2,1-2H3,(H,25,26). The van der Waals surface area contributed by atoms with E-state index in [1.165, 1.54) is 0 Å². The Bertz CT molecular complexity index is 836. The molecular weight excluding hydrogens is 389 g/mol. The molecule has 0 radical (unpaired) electrons.